The summed E-state index contributed by atoms with van der Waals surface area (Å²) in [5.41, 5.74) is 7.55. The van der Waals surface area contributed by atoms with Crippen LogP contribution in [0.4, 0.5) is 5.69 Å². The molecule has 0 saturated heterocycles. The van der Waals surface area contributed by atoms with Crippen molar-refractivity contribution in [1.29, 1.82) is 0 Å². The maximum Gasteiger partial charge on any atom is 0.199 e. The van der Waals surface area contributed by atoms with Crippen molar-refractivity contribution in [2.45, 2.75) is 19.1 Å². The van der Waals surface area contributed by atoms with Gasteiger partial charge in [0.2, 0.25) is 0 Å². The van der Waals surface area contributed by atoms with Gasteiger partial charge in [-0.1, -0.05) is 6.07 Å². The number of fused-ring (bicyclic) bond motifs is 1. The highest BCUT2D eigenvalue weighted by molar-refractivity contribution is 5.46. The van der Waals surface area contributed by atoms with Gasteiger partial charge in [0.1, 0.15) is 17.2 Å². The van der Waals surface area contributed by atoms with Gasteiger partial charge in [-0.2, -0.15) is 0 Å². The topological polar surface area (TPSA) is 53.7 Å². The van der Waals surface area contributed by atoms with Crippen LogP contribution < -0.4 is 15.2 Å². The van der Waals surface area contributed by atoms with Gasteiger partial charge in [-0.3, -0.25) is 0 Å². The maximum absolute atomic E-state index is 5.79. The summed E-state index contributed by atoms with van der Waals surface area (Å²) >= 11 is 0. The van der Waals surface area contributed by atoms with E-state index < -0.39 is 0 Å². The maximum atomic E-state index is 5.79. The second-order valence-electron chi connectivity index (χ2n) is 4.76. The van der Waals surface area contributed by atoms with Crippen LogP contribution in [0.3, 0.4) is 0 Å². The van der Waals surface area contributed by atoms with Gasteiger partial charge < -0.3 is 19.9 Å². The van der Waals surface area contributed by atoms with E-state index in [0.29, 0.717) is 5.69 Å². The molecule has 0 aromatic heterocycles. The number of nitrogen functional groups attached to an aromatic ring is 1. The molecule has 2 aromatic rings. The molecule has 4 heteroatoms. The summed E-state index contributed by atoms with van der Waals surface area (Å²) in [6.45, 7) is 0. The molecule has 3 rings (SSSR count). The third kappa shape index (κ3) is 2.70. The highest BCUT2D eigenvalue weighted by atomic mass is 16.7. The van der Waals surface area contributed by atoms with Crippen LogP contribution in [0, 0.1) is 0 Å². The lowest BCUT2D eigenvalue weighted by atomic mass is 10.1. The van der Waals surface area contributed by atoms with E-state index in [1.165, 1.54) is 5.56 Å². The number of ether oxygens (including phenoxy) is 3. The Bertz CT molecular complexity index is 595. The molecule has 1 aliphatic heterocycles. The number of rotatable bonds is 3. The fourth-order valence-electron chi connectivity index (χ4n) is 2.23. The van der Waals surface area contributed by atoms with Crippen molar-refractivity contribution in [2.75, 3.05) is 12.8 Å². The molecular formula is C16H17NO3. The van der Waals surface area contributed by atoms with Crippen LogP contribution in [-0.2, 0) is 11.2 Å². The Kier molecular flexibility index (Phi) is 3.48. The number of benzene rings is 2. The molecule has 0 radical (unpaired) electrons. The predicted molar refractivity (Wildman–Crippen MR) is 77.1 cm³/mol. The lowest BCUT2D eigenvalue weighted by molar-refractivity contribution is -0.0654. The van der Waals surface area contributed by atoms with Gasteiger partial charge in [-0.15, -0.1) is 0 Å². The molecule has 0 fully saturated rings. The molecule has 0 amide bonds. The normalized spacial score (nSPS) is 17.1. The fourth-order valence-corrected chi connectivity index (χ4v) is 2.23. The van der Waals surface area contributed by atoms with Crippen LogP contribution in [0.1, 0.15) is 12.0 Å². The summed E-state index contributed by atoms with van der Waals surface area (Å²) in [6, 6.07) is 13.2. The molecule has 1 heterocycles. The predicted octanol–water partition coefficient (Wildman–Crippen LogP) is 3.36. The Labute approximate surface area is 118 Å². The molecule has 1 atom stereocenters. The Balaban J connectivity index is 1.79. The minimum Gasteiger partial charge on any atom is -0.465 e. The second kappa shape index (κ2) is 5.43. The first kappa shape index (κ1) is 12.8. The third-order valence-electron chi connectivity index (χ3n) is 3.33. The average molecular weight is 271 g/mol. The first-order chi connectivity index (χ1) is 9.74. The smallest absolute Gasteiger partial charge is 0.199 e. The summed E-state index contributed by atoms with van der Waals surface area (Å²) in [7, 11) is 1.66. The Morgan fingerprint density at radius 1 is 1.10 bits per heavy atom. The first-order valence-electron chi connectivity index (χ1n) is 6.60. The molecule has 0 saturated carbocycles. The van der Waals surface area contributed by atoms with E-state index >= 15 is 0 Å². The van der Waals surface area contributed by atoms with E-state index in [1.54, 1.807) is 7.11 Å². The molecule has 2 aromatic carbocycles. The van der Waals surface area contributed by atoms with E-state index in [2.05, 4.69) is 0 Å². The first-order valence-corrected chi connectivity index (χ1v) is 6.60. The zero-order valence-corrected chi connectivity index (χ0v) is 11.3. The minimum absolute atomic E-state index is 0.172. The van der Waals surface area contributed by atoms with Gasteiger partial charge in [0.15, 0.2) is 6.29 Å². The molecule has 0 aliphatic carbocycles. The lowest BCUT2D eigenvalue weighted by Crippen LogP contribution is -2.24. The van der Waals surface area contributed by atoms with Crippen molar-refractivity contribution in [1.82, 2.24) is 0 Å². The van der Waals surface area contributed by atoms with E-state index in [1.807, 2.05) is 42.5 Å². The summed E-state index contributed by atoms with van der Waals surface area (Å²) < 4.78 is 16.8. The summed E-state index contributed by atoms with van der Waals surface area (Å²) in [6.07, 6.45) is 1.66. The van der Waals surface area contributed by atoms with Crippen LogP contribution in [0.5, 0.6) is 17.2 Å². The van der Waals surface area contributed by atoms with Crippen molar-refractivity contribution >= 4 is 5.69 Å². The lowest BCUT2D eigenvalue weighted by Gasteiger charge is -2.25. The number of aryl methyl sites for hydroxylation is 1. The Morgan fingerprint density at radius 3 is 2.60 bits per heavy atom. The van der Waals surface area contributed by atoms with Crippen molar-refractivity contribution in [2.24, 2.45) is 0 Å². The van der Waals surface area contributed by atoms with Crippen molar-refractivity contribution in [3.8, 4) is 17.2 Å². The van der Waals surface area contributed by atoms with Gasteiger partial charge >= 0.3 is 0 Å². The molecule has 4 nitrogen and oxygen atoms in total. The highest BCUT2D eigenvalue weighted by Crippen LogP contribution is 2.33. The van der Waals surface area contributed by atoms with Crippen LogP contribution >= 0.6 is 0 Å². The van der Waals surface area contributed by atoms with Gasteiger partial charge in [-0.25, -0.2) is 0 Å². The Morgan fingerprint density at radius 2 is 1.85 bits per heavy atom. The molecule has 0 spiro atoms. The summed E-state index contributed by atoms with van der Waals surface area (Å²) in [4.78, 5) is 0. The molecular weight excluding hydrogens is 254 g/mol. The monoisotopic (exact) mass is 271 g/mol. The molecule has 1 aliphatic rings. The molecule has 1 unspecified atom stereocenters. The van der Waals surface area contributed by atoms with Gasteiger partial charge in [0.05, 0.1) is 0 Å². The third-order valence-corrected chi connectivity index (χ3v) is 3.33. The van der Waals surface area contributed by atoms with Crippen molar-refractivity contribution in [3.63, 3.8) is 0 Å². The van der Waals surface area contributed by atoms with Gasteiger partial charge in [-0.05, 0) is 42.3 Å². The number of nitrogens with two attached hydrogens (primary N) is 1. The van der Waals surface area contributed by atoms with Crippen LogP contribution in [0.15, 0.2) is 42.5 Å². The minimum atomic E-state index is -0.172. The van der Waals surface area contributed by atoms with E-state index in [-0.39, 0.29) is 6.29 Å². The average Bonchev–Trinajstić information content (AvgIpc) is 2.49. The summed E-state index contributed by atoms with van der Waals surface area (Å²) in [5.74, 6) is 2.32. The number of methoxy groups -OCH3 is 1. The van der Waals surface area contributed by atoms with Crippen LogP contribution in [0.2, 0.25) is 0 Å². The Hall–Kier alpha value is -2.20. The second-order valence-corrected chi connectivity index (χ2v) is 4.76. The van der Waals surface area contributed by atoms with Gasteiger partial charge in [0, 0.05) is 25.3 Å². The fraction of sp³-hybridized carbons (Fsp3) is 0.250. The molecule has 20 heavy (non-hydrogen) atoms. The molecule has 0 bridgehead atoms. The van der Waals surface area contributed by atoms with Crippen molar-refractivity contribution < 1.29 is 14.2 Å². The van der Waals surface area contributed by atoms with Crippen LogP contribution in [0.25, 0.3) is 0 Å². The number of hydrogen-bond donors (Lipinski definition) is 1. The SMILES string of the molecule is COC1CCc2ccc(Oc3ccc(N)cc3)cc2O1. The zero-order chi connectivity index (χ0) is 13.9. The quantitative estimate of drug-likeness (QED) is 0.870. The molecule has 2 N–H and O–H groups in total. The van der Waals surface area contributed by atoms with E-state index in [4.69, 9.17) is 19.9 Å². The van der Waals surface area contributed by atoms with Gasteiger partial charge in [0.25, 0.3) is 0 Å². The number of anilines is 1. The van der Waals surface area contributed by atoms with E-state index in [0.717, 1.165) is 30.1 Å². The van der Waals surface area contributed by atoms with Crippen LogP contribution in [-0.4, -0.2) is 13.4 Å². The zero-order valence-electron chi connectivity index (χ0n) is 11.3. The molecule has 104 valence electrons. The van der Waals surface area contributed by atoms with Crippen molar-refractivity contribution in [3.05, 3.63) is 48.0 Å². The largest absolute Gasteiger partial charge is 0.465 e. The standard InChI is InChI=1S/C16H17NO3/c1-18-16-9-3-11-2-6-14(10-15(11)20-16)19-13-7-4-12(17)5-8-13/h2,4-8,10,16H,3,9,17H2,1H3. The van der Waals surface area contributed by atoms with E-state index in [9.17, 15) is 0 Å². The highest BCUT2D eigenvalue weighted by Gasteiger charge is 2.19. The number of hydrogen-bond acceptors (Lipinski definition) is 4. The summed E-state index contributed by atoms with van der Waals surface area (Å²) in [5, 5.41) is 0.